The molecule has 0 saturated carbocycles. The van der Waals surface area contributed by atoms with Crippen molar-refractivity contribution >= 4 is 27.7 Å². The van der Waals surface area contributed by atoms with Crippen molar-refractivity contribution in [2.45, 2.75) is 99.8 Å². The van der Waals surface area contributed by atoms with Crippen LogP contribution < -0.4 is 0 Å². The van der Waals surface area contributed by atoms with Gasteiger partial charge < -0.3 is 9.52 Å². The summed E-state index contributed by atoms with van der Waals surface area (Å²) in [6.45, 7) is 19.2. The molecular formula is C42H52IrN3O3-. The topological polar surface area (TPSA) is 89.1 Å². The Bertz CT molecular complexity index is 1860. The second-order valence-electron chi connectivity index (χ2n) is 14.1. The molecule has 2 aromatic carbocycles. The van der Waals surface area contributed by atoms with Crippen LogP contribution in [-0.2, 0) is 36.7 Å². The first-order chi connectivity index (χ1) is 22.9. The quantitative estimate of drug-likeness (QED) is 0.0810. The first kappa shape index (κ1) is 39.8. The van der Waals surface area contributed by atoms with Crippen LogP contribution in [0.1, 0.15) is 99.3 Å². The Morgan fingerprint density at radius 1 is 0.878 bits per heavy atom. The molecule has 0 aliphatic heterocycles. The molecule has 0 fully saturated rings. The fraction of sp³-hybridized carbons (Fsp3) is 0.429. The zero-order valence-electron chi connectivity index (χ0n) is 30.6. The van der Waals surface area contributed by atoms with E-state index in [-0.39, 0.29) is 48.9 Å². The van der Waals surface area contributed by atoms with Crippen molar-refractivity contribution in [3.63, 3.8) is 0 Å². The van der Waals surface area contributed by atoms with Crippen LogP contribution in [0.5, 0.6) is 0 Å². The van der Waals surface area contributed by atoms with Gasteiger partial charge in [0.25, 0.3) is 0 Å². The number of carbonyl (C=O) groups excluding carboxylic acids is 1. The fourth-order valence-corrected chi connectivity index (χ4v) is 6.14. The number of aliphatic hydroxyl groups is 1. The molecule has 5 rings (SSSR count). The second kappa shape index (κ2) is 17.8. The predicted octanol–water partition coefficient (Wildman–Crippen LogP) is 11.3. The van der Waals surface area contributed by atoms with Crippen molar-refractivity contribution in [3.8, 4) is 22.5 Å². The normalized spacial score (nSPS) is 12.0. The number of hydrogen-bond donors (Lipinski definition) is 1. The predicted molar refractivity (Wildman–Crippen MR) is 198 cm³/mol. The minimum atomic E-state index is 0. The van der Waals surface area contributed by atoms with E-state index < -0.39 is 0 Å². The van der Waals surface area contributed by atoms with Crippen molar-refractivity contribution < 1.29 is 34.4 Å². The standard InChI is InChI=1S/C29H28N3O.C13H24O2.Ir/c1-18(2)12-21-15-24-23(10-11-30-28(24)33-21)27-16-26(31-17-32-27)20-13-19-8-6-7-9-22(19)25(14-20)29(3,4)5;1-5-10(6-2)12(14)9-13(15)11(7-3)8-4;/h6-11,14-18H,12H2,1-5H3;9-11,14H,5-8H2,1-4H3;/q-1;;/b;12-9-;. The summed E-state index contributed by atoms with van der Waals surface area (Å²) >= 11 is 0. The van der Waals surface area contributed by atoms with Crippen molar-refractivity contribution in [2.24, 2.45) is 17.8 Å². The summed E-state index contributed by atoms with van der Waals surface area (Å²) in [6.07, 6.45) is 9.20. The van der Waals surface area contributed by atoms with Gasteiger partial charge in [-0.25, -0.2) is 9.97 Å². The summed E-state index contributed by atoms with van der Waals surface area (Å²) in [4.78, 5) is 25.4. The molecule has 0 bridgehead atoms. The van der Waals surface area contributed by atoms with E-state index in [1.807, 2.05) is 39.8 Å². The Balaban J connectivity index is 0.000000347. The molecule has 3 aromatic heterocycles. The van der Waals surface area contributed by atoms with Gasteiger partial charge in [-0.2, -0.15) is 0 Å². The maximum atomic E-state index is 11.7. The van der Waals surface area contributed by atoms with Gasteiger partial charge >= 0.3 is 0 Å². The molecule has 49 heavy (non-hydrogen) atoms. The van der Waals surface area contributed by atoms with Gasteiger partial charge in [-0.1, -0.05) is 91.5 Å². The van der Waals surface area contributed by atoms with E-state index in [9.17, 15) is 9.90 Å². The Labute approximate surface area is 306 Å². The van der Waals surface area contributed by atoms with Crippen LogP contribution >= 0.6 is 0 Å². The third-order valence-electron chi connectivity index (χ3n) is 8.98. The third kappa shape index (κ3) is 9.95. The molecule has 0 aliphatic rings. The molecular weight excluding hydrogens is 787 g/mol. The van der Waals surface area contributed by atoms with E-state index in [0.29, 0.717) is 11.6 Å². The number of hydrogen-bond acceptors (Lipinski definition) is 6. The third-order valence-corrected chi connectivity index (χ3v) is 8.98. The first-order valence-corrected chi connectivity index (χ1v) is 17.5. The number of aromatic nitrogens is 3. The van der Waals surface area contributed by atoms with Crippen LogP contribution in [0.25, 0.3) is 44.4 Å². The minimum Gasteiger partial charge on any atom is -0.512 e. The van der Waals surface area contributed by atoms with Gasteiger partial charge in [0.1, 0.15) is 12.1 Å². The molecule has 5 aromatic rings. The zero-order chi connectivity index (χ0) is 35.0. The maximum absolute atomic E-state index is 11.7. The summed E-state index contributed by atoms with van der Waals surface area (Å²) in [5, 5.41) is 13.1. The van der Waals surface area contributed by atoms with Gasteiger partial charge in [0, 0.05) is 67.3 Å². The Kier molecular flexibility index (Phi) is 14.5. The van der Waals surface area contributed by atoms with Gasteiger partial charge in [-0.05, 0) is 55.2 Å². The smallest absolute Gasteiger partial charge is 0.226 e. The van der Waals surface area contributed by atoms with Crippen LogP contribution in [0.3, 0.4) is 0 Å². The molecule has 0 saturated heterocycles. The number of nitrogens with zero attached hydrogens (tertiary/aromatic N) is 3. The average molecular weight is 839 g/mol. The largest absolute Gasteiger partial charge is 0.512 e. The number of ketones is 1. The monoisotopic (exact) mass is 839 g/mol. The number of benzene rings is 2. The molecule has 0 spiro atoms. The molecule has 0 atom stereocenters. The average Bonchev–Trinajstić information content (AvgIpc) is 3.47. The summed E-state index contributed by atoms with van der Waals surface area (Å²) in [5.74, 6) is 2.01. The van der Waals surface area contributed by atoms with Crippen molar-refractivity contribution in [1.29, 1.82) is 0 Å². The summed E-state index contributed by atoms with van der Waals surface area (Å²) in [7, 11) is 0. The molecule has 0 aliphatic carbocycles. The summed E-state index contributed by atoms with van der Waals surface area (Å²) < 4.78 is 6.00. The molecule has 1 N–H and O–H groups in total. The van der Waals surface area contributed by atoms with Crippen LogP contribution in [0.2, 0.25) is 0 Å². The van der Waals surface area contributed by atoms with Crippen molar-refractivity contribution in [3.05, 3.63) is 90.3 Å². The molecule has 7 heteroatoms. The van der Waals surface area contributed by atoms with Gasteiger partial charge in [-0.15, -0.1) is 29.1 Å². The van der Waals surface area contributed by atoms with E-state index in [0.717, 1.165) is 71.2 Å². The summed E-state index contributed by atoms with van der Waals surface area (Å²) in [6, 6.07) is 20.3. The number of furan rings is 1. The first-order valence-electron chi connectivity index (χ1n) is 17.5. The Morgan fingerprint density at radius 3 is 2.16 bits per heavy atom. The zero-order valence-corrected chi connectivity index (χ0v) is 33.0. The van der Waals surface area contributed by atoms with E-state index >= 15 is 0 Å². The Hall–Kier alpha value is -3.67. The van der Waals surface area contributed by atoms with Crippen LogP contribution in [-0.4, -0.2) is 25.8 Å². The molecule has 6 nitrogen and oxygen atoms in total. The van der Waals surface area contributed by atoms with E-state index in [1.54, 1.807) is 12.5 Å². The van der Waals surface area contributed by atoms with Gasteiger partial charge in [0.2, 0.25) is 5.71 Å². The van der Waals surface area contributed by atoms with Gasteiger partial charge in [-0.3, -0.25) is 9.78 Å². The van der Waals surface area contributed by atoms with Crippen molar-refractivity contribution in [2.75, 3.05) is 0 Å². The minimum absolute atomic E-state index is 0. The van der Waals surface area contributed by atoms with Crippen LogP contribution in [0, 0.1) is 23.8 Å². The fourth-order valence-electron chi connectivity index (χ4n) is 6.14. The van der Waals surface area contributed by atoms with Gasteiger partial charge in [0.05, 0.1) is 11.5 Å². The number of carbonyl (C=O) groups is 1. The number of rotatable bonds is 11. The summed E-state index contributed by atoms with van der Waals surface area (Å²) in [5.41, 5.74) is 5.61. The molecule has 1 radical (unpaired) electrons. The molecule has 0 unspecified atom stereocenters. The molecule has 0 amide bonds. The number of pyridine rings is 1. The Morgan fingerprint density at radius 2 is 1.53 bits per heavy atom. The SMILES string of the molecule is CC(C)Cc1cc2c(-c3cc(-c4[c-]c5ccccc5c(C(C)(C)C)c4)ncn3)ccnc2o1.CCC(CC)C(=O)/C=C(\O)C(CC)CC.[Ir]. The van der Waals surface area contributed by atoms with Gasteiger partial charge in [0.15, 0.2) is 5.78 Å². The van der Waals surface area contributed by atoms with E-state index in [2.05, 4.69) is 92.0 Å². The van der Waals surface area contributed by atoms with E-state index in [1.165, 1.54) is 17.0 Å². The van der Waals surface area contributed by atoms with Crippen molar-refractivity contribution in [1.82, 2.24) is 15.0 Å². The van der Waals surface area contributed by atoms with Crippen LogP contribution in [0.4, 0.5) is 0 Å². The van der Waals surface area contributed by atoms with Crippen LogP contribution in [0.15, 0.2) is 77.3 Å². The number of fused-ring (bicyclic) bond motifs is 2. The van der Waals surface area contributed by atoms with E-state index in [4.69, 9.17) is 4.42 Å². The maximum Gasteiger partial charge on any atom is 0.226 e. The number of allylic oxidation sites excluding steroid dienone is 2. The number of aliphatic hydroxyl groups excluding tert-OH is 1. The molecule has 263 valence electrons. The molecule has 3 heterocycles. The second-order valence-corrected chi connectivity index (χ2v) is 14.1.